The predicted molar refractivity (Wildman–Crippen MR) is 111 cm³/mol. The summed E-state index contributed by atoms with van der Waals surface area (Å²) >= 11 is 0. The van der Waals surface area contributed by atoms with E-state index < -0.39 is 10.0 Å². The third-order valence-electron chi connectivity index (χ3n) is 5.23. The van der Waals surface area contributed by atoms with Crippen LogP contribution < -0.4 is 9.62 Å². The van der Waals surface area contributed by atoms with Crippen LogP contribution >= 0.6 is 0 Å². The van der Waals surface area contributed by atoms with E-state index in [0.717, 1.165) is 42.7 Å². The molecule has 27 heavy (non-hydrogen) atoms. The molecule has 0 aromatic heterocycles. The van der Waals surface area contributed by atoms with Gasteiger partial charge in [-0.3, -0.25) is 4.90 Å². The van der Waals surface area contributed by atoms with E-state index in [1.165, 1.54) is 0 Å². The van der Waals surface area contributed by atoms with E-state index in [0.29, 0.717) is 11.4 Å². The fourth-order valence-electron chi connectivity index (χ4n) is 3.63. The lowest BCUT2D eigenvalue weighted by Crippen LogP contribution is -2.37. The molecule has 0 unspecified atom stereocenters. The first kappa shape index (κ1) is 19.9. The fourth-order valence-corrected chi connectivity index (χ4v) is 4.91. The largest absolute Gasteiger partial charge is 0.378 e. The number of nitrogens with one attached hydrogen (secondary N) is 1. The summed E-state index contributed by atoms with van der Waals surface area (Å²) in [6, 6.07) is 15.6. The molecule has 3 rings (SSSR count). The summed E-state index contributed by atoms with van der Waals surface area (Å²) in [5.74, 6) is 0. The highest BCUT2D eigenvalue weighted by Gasteiger charge is 2.26. The van der Waals surface area contributed by atoms with Gasteiger partial charge in [-0.25, -0.2) is 13.1 Å². The number of hydrogen-bond donors (Lipinski definition) is 1. The van der Waals surface area contributed by atoms with Crippen LogP contribution in [-0.2, 0) is 10.0 Å². The Bertz CT molecular complexity index is 857. The van der Waals surface area contributed by atoms with Gasteiger partial charge in [-0.1, -0.05) is 30.3 Å². The van der Waals surface area contributed by atoms with Crippen molar-refractivity contribution in [3.8, 4) is 0 Å². The second-order valence-electron chi connectivity index (χ2n) is 7.36. The number of sulfonamides is 1. The third kappa shape index (κ3) is 4.69. The lowest BCUT2D eigenvalue weighted by atomic mass is 10.1. The van der Waals surface area contributed by atoms with Crippen molar-refractivity contribution < 1.29 is 8.42 Å². The van der Waals surface area contributed by atoms with Gasteiger partial charge in [0.25, 0.3) is 0 Å². The summed E-state index contributed by atoms with van der Waals surface area (Å²) in [5.41, 5.74) is 3.05. The smallest absolute Gasteiger partial charge is 0.240 e. The molecular formula is C21H29N3O2S. The molecule has 1 heterocycles. The predicted octanol–water partition coefficient (Wildman–Crippen LogP) is 3.18. The fraction of sp³-hybridized carbons (Fsp3) is 0.429. The van der Waals surface area contributed by atoms with Gasteiger partial charge in [0.2, 0.25) is 10.0 Å². The van der Waals surface area contributed by atoms with E-state index >= 15 is 0 Å². The summed E-state index contributed by atoms with van der Waals surface area (Å²) in [4.78, 5) is 4.80. The van der Waals surface area contributed by atoms with Gasteiger partial charge >= 0.3 is 0 Å². The molecule has 0 saturated carbocycles. The number of rotatable bonds is 7. The van der Waals surface area contributed by atoms with Crippen LogP contribution in [0.1, 0.15) is 30.0 Å². The zero-order valence-corrected chi connectivity index (χ0v) is 17.2. The van der Waals surface area contributed by atoms with Crippen LogP contribution in [0.25, 0.3) is 0 Å². The van der Waals surface area contributed by atoms with Gasteiger partial charge in [-0.15, -0.1) is 0 Å². The molecule has 1 atom stereocenters. The summed E-state index contributed by atoms with van der Waals surface area (Å²) in [6.07, 6.45) is 2.33. The molecule has 6 heteroatoms. The Kier molecular flexibility index (Phi) is 6.19. The molecule has 0 bridgehead atoms. The molecule has 0 amide bonds. The minimum Gasteiger partial charge on any atom is -0.378 e. The summed E-state index contributed by atoms with van der Waals surface area (Å²) in [6.45, 7) is 4.21. The van der Waals surface area contributed by atoms with Gasteiger partial charge in [0.05, 0.1) is 4.90 Å². The maximum absolute atomic E-state index is 12.8. The normalized spacial score (nSPS) is 16.4. The van der Waals surface area contributed by atoms with Gasteiger partial charge in [0.1, 0.15) is 0 Å². The molecule has 1 fully saturated rings. The highest BCUT2D eigenvalue weighted by atomic mass is 32.2. The molecule has 2 aromatic rings. The van der Waals surface area contributed by atoms with Crippen molar-refractivity contribution in [1.82, 2.24) is 9.62 Å². The van der Waals surface area contributed by atoms with Crippen molar-refractivity contribution in [2.24, 2.45) is 0 Å². The molecule has 1 aliphatic rings. The van der Waals surface area contributed by atoms with Gasteiger partial charge in [0, 0.05) is 32.4 Å². The lowest BCUT2D eigenvalue weighted by molar-refractivity contribution is 0.246. The van der Waals surface area contributed by atoms with Crippen LogP contribution in [0, 0.1) is 6.92 Å². The maximum Gasteiger partial charge on any atom is 0.240 e. The Morgan fingerprint density at radius 3 is 2.26 bits per heavy atom. The summed E-state index contributed by atoms with van der Waals surface area (Å²) in [5, 5.41) is 0. The van der Waals surface area contributed by atoms with Gasteiger partial charge < -0.3 is 4.90 Å². The Hall–Kier alpha value is -1.89. The summed E-state index contributed by atoms with van der Waals surface area (Å²) in [7, 11) is 0.504. The minimum atomic E-state index is -3.53. The summed E-state index contributed by atoms with van der Waals surface area (Å²) < 4.78 is 28.5. The second-order valence-corrected chi connectivity index (χ2v) is 9.10. The Balaban J connectivity index is 1.81. The van der Waals surface area contributed by atoms with Crippen molar-refractivity contribution in [1.29, 1.82) is 0 Å². The average molecular weight is 388 g/mol. The van der Waals surface area contributed by atoms with E-state index in [-0.39, 0.29) is 6.04 Å². The van der Waals surface area contributed by atoms with Crippen LogP contribution in [0.5, 0.6) is 0 Å². The standard InChI is InChI=1S/C21H29N3O2S/c1-17-8-4-5-9-21(17)27(25,26)22-16-20(24-14-6-7-15-24)18-10-12-19(13-11-18)23(2)3/h4-5,8-13,20,22H,6-7,14-16H2,1-3H3/t20-/m1/s1. The molecule has 146 valence electrons. The van der Waals surface area contributed by atoms with Crippen LogP contribution in [-0.4, -0.2) is 47.0 Å². The van der Waals surface area contributed by atoms with E-state index in [1.54, 1.807) is 12.1 Å². The molecule has 1 N–H and O–H groups in total. The molecule has 2 aromatic carbocycles. The molecular weight excluding hydrogens is 358 g/mol. The second kappa shape index (κ2) is 8.42. The quantitative estimate of drug-likeness (QED) is 0.793. The number of benzene rings is 2. The maximum atomic E-state index is 12.8. The Morgan fingerprint density at radius 1 is 1.04 bits per heavy atom. The average Bonchev–Trinajstić information content (AvgIpc) is 3.17. The number of aryl methyl sites for hydroxylation is 1. The third-order valence-corrected chi connectivity index (χ3v) is 6.81. The number of hydrogen-bond acceptors (Lipinski definition) is 4. The van der Waals surface area contributed by atoms with Crippen molar-refractivity contribution in [2.75, 3.05) is 38.6 Å². The Labute approximate surface area is 163 Å². The number of likely N-dealkylation sites (tertiary alicyclic amines) is 1. The zero-order valence-electron chi connectivity index (χ0n) is 16.4. The highest BCUT2D eigenvalue weighted by Crippen LogP contribution is 2.27. The molecule has 0 radical (unpaired) electrons. The first-order chi connectivity index (χ1) is 12.9. The van der Waals surface area contributed by atoms with E-state index in [2.05, 4.69) is 38.8 Å². The van der Waals surface area contributed by atoms with Crippen molar-refractivity contribution in [3.05, 3.63) is 59.7 Å². The van der Waals surface area contributed by atoms with Gasteiger partial charge in [-0.2, -0.15) is 0 Å². The first-order valence-corrected chi connectivity index (χ1v) is 10.9. The van der Waals surface area contributed by atoms with Crippen molar-refractivity contribution in [2.45, 2.75) is 30.7 Å². The van der Waals surface area contributed by atoms with Crippen molar-refractivity contribution in [3.63, 3.8) is 0 Å². The van der Waals surface area contributed by atoms with Crippen molar-refractivity contribution >= 4 is 15.7 Å². The van der Waals surface area contributed by atoms with Crippen LogP contribution in [0.2, 0.25) is 0 Å². The topological polar surface area (TPSA) is 52.7 Å². The Morgan fingerprint density at radius 2 is 1.67 bits per heavy atom. The van der Waals surface area contributed by atoms with Crippen LogP contribution in [0.4, 0.5) is 5.69 Å². The first-order valence-electron chi connectivity index (χ1n) is 9.45. The molecule has 0 spiro atoms. The SMILES string of the molecule is Cc1ccccc1S(=O)(=O)NC[C@H](c1ccc(N(C)C)cc1)N1CCCC1. The van der Waals surface area contributed by atoms with E-state index in [9.17, 15) is 8.42 Å². The van der Waals surface area contributed by atoms with Crippen LogP contribution in [0.3, 0.4) is 0 Å². The van der Waals surface area contributed by atoms with Crippen LogP contribution in [0.15, 0.2) is 53.4 Å². The van der Waals surface area contributed by atoms with E-state index in [4.69, 9.17) is 0 Å². The molecule has 1 aliphatic heterocycles. The molecule has 0 aliphatic carbocycles. The lowest BCUT2D eigenvalue weighted by Gasteiger charge is -2.28. The molecule has 1 saturated heterocycles. The van der Waals surface area contributed by atoms with Gasteiger partial charge in [0.15, 0.2) is 0 Å². The van der Waals surface area contributed by atoms with E-state index in [1.807, 2.05) is 33.2 Å². The zero-order chi connectivity index (χ0) is 19.4. The monoisotopic (exact) mass is 387 g/mol. The number of nitrogens with zero attached hydrogens (tertiary/aromatic N) is 2. The minimum absolute atomic E-state index is 0.0440. The molecule has 5 nitrogen and oxygen atoms in total. The number of anilines is 1. The van der Waals surface area contributed by atoms with Gasteiger partial charge in [-0.05, 0) is 62.2 Å². The highest BCUT2D eigenvalue weighted by molar-refractivity contribution is 7.89.